The number of esters is 1. The van der Waals surface area contributed by atoms with E-state index in [9.17, 15) is 14.7 Å². The third-order valence-corrected chi connectivity index (χ3v) is 3.55. The molecule has 1 atom stereocenters. The largest absolute Gasteiger partial charge is 0.508 e. The Morgan fingerprint density at radius 3 is 2.42 bits per heavy atom. The summed E-state index contributed by atoms with van der Waals surface area (Å²) in [5.41, 5.74) is 1.51. The molecule has 0 radical (unpaired) electrons. The van der Waals surface area contributed by atoms with Crippen molar-refractivity contribution in [3.63, 3.8) is 0 Å². The molecule has 0 heterocycles. The van der Waals surface area contributed by atoms with E-state index >= 15 is 0 Å². The van der Waals surface area contributed by atoms with E-state index in [1.54, 1.807) is 0 Å². The lowest BCUT2D eigenvalue weighted by Crippen LogP contribution is -2.36. The van der Waals surface area contributed by atoms with Gasteiger partial charge in [0.2, 0.25) is 0 Å². The molecule has 0 aliphatic heterocycles. The minimum atomic E-state index is -0.595. The monoisotopic (exact) mass is 327 g/mol. The number of phenols is 1. The Morgan fingerprint density at radius 1 is 1.08 bits per heavy atom. The van der Waals surface area contributed by atoms with Gasteiger partial charge in [0.1, 0.15) is 5.75 Å². The van der Waals surface area contributed by atoms with Crippen LogP contribution in [0.5, 0.6) is 5.75 Å². The fourth-order valence-corrected chi connectivity index (χ4v) is 2.23. The average Bonchev–Trinajstić information content (AvgIpc) is 2.59. The molecule has 0 saturated carbocycles. The molecule has 0 bridgehead atoms. The summed E-state index contributed by atoms with van der Waals surface area (Å²) in [5.74, 6) is -0.860. The molecular weight excluding hydrogens is 306 g/mol. The molecule has 2 N–H and O–H groups in total. The van der Waals surface area contributed by atoms with Crippen LogP contribution in [0.1, 0.15) is 29.3 Å². The van der Waals surface area contributed by atoms with Gasteiger partial charge in [-0.05, 0) is 49.6 Å². The van der Waals surface area contributed by atoms with Gasteiger partial charge in [0, 0.05) is 6.04 Å². The van der Waals surface area contributed by atoms with Crippen LogP contribution in [0.15, 0.2) is 54.6 Å². The quantitative estimate of drug-likeness (QED) is 0.767. The molecule has 0 fully saturated rings. The van der Waals surface area contributed by atoms with E-state index < -0.39 is 5.97 Å². The lowest BCUT2D eigenvalue weighted by atomic mass is 10.1. The summed E-state index contributed by atoms with van der Waals surface area (Å²) in [6.07, 6.45) is 1.68. The van der Waals surface area contributed by atoms with E-state index in [1.165, 1.54) is 29.8 Å². The zero-order chi connectivity index (χ0) is 17.4. The first-order valence-corrected chi connectivity index (χ1v) is 7.84. The molecule has 1 amide bonds. The molecule has 2 aromatic rings. The predicted molar refractivity (Wildman–Crippen MR) is 90.8 cm³/mol. The van der Waals surface area contributed by atoms with Gasteiger partial charge in [0.15, 0.2) is 6.61 Å². The molecule has 2 rings (SSSR count). The number of amides is 1. The van der Waals surface area contributed by atoms with Crippen molar-refractivity contribution in [1.29, 1.82) is 0 Å². The SMILES string of the molecule is CC(CCc1ccccc1)NC(=O)COC(=O)c1ccc(O)cc1. The third kappa shape index (κ3) is 5.76. The third-order valence-electron chi connectivity index (χ3n) is 3.55. The van der Waals surface area contributed by atoms with Gasteiger partial charge in [-0.1, -0.05) is 30.3 Å². The lowest BCUT2D eigenvalue weighted by molar-refractivity contribution is -0.124. The van der Waals surface area contributed by atoms with Crippen LogP contribution >= 0.6 is 0 Å². The van der Waals surface area contributed by atoms with Crippen LogP contribution in [0, 0.1) is 0 Å². The summed E-state index contributed by atoms with van der Waals surface area (Å²) in [7, 11) is 0. The van der Waals surface area contributed by atoms with Crippen molar-refractivity contribution in [1.82, 2.24) is 5.32 Å². The fourth-order valence-electron chi connectivity index (χ4n) is 2.23. The fraction of sp³-hybridized carbons (Fsp3) is 0.263. The molecule has 0 aromatic heterocycles. The maximum Gasteiger partial charge on any atom is 0.338 e. The number of ether oxygens (including phenoxy) is 1. The molecule has 0 saturated heterocycles. The highest BCUT2D eigenvalue weighted by atomic mass is 16.5. The van der Waals surface area contributed by atoms with Gasteiger partial charge < -0.3 is 15.2 Å². The molecule has 0 spiro atoms. The van der Waals surface area contributed by atoms with Gasteiger partial charge in [-0.2, -0.15) is 0 Å². The molecule has 0 aliphatic carbocycles. The number of benzene rings is 2. The van der Waals surface area contributed by atoms with Crippen molar-refractivity contribution in [3.8, 4) is 5.75 Å². The maximum atomic E-state index is 11.8. The van der Waals surface area contributed by atoms with E-state index in [2.05, 4.69) is 5.32 Å². The van der Waals surface area contributed by atoms with Gasteiger partial charge in [-0.25, -0.2) is 4.79 Å². The molecule has 2 aromatic carbocycles. The number of rotatable bonds is 7. The van der Waals surface area contributed by atoms with Gasteiger partial charge >= 0.3 is 5.97 Å². The summed E-state index contributed by atoms with van der Waals surface area (Å²) in [6, 6.07) is 15.7. The Morgan fingerprint density at radius 2 is 1.75 bits per heavy atom. The summed E-state index contributed by atoms with van der Waals surface area (Å²) < 4.78 is 4.96. The van der Waals surface area contributed by atoms with Crippen LogP contribution < -0.4 is 5.32 Å². The van der Waals surface area contributed by atoms with E-state index in [0.717, 1.165) is 12.8 Å². The smallest absolute Gasteiger partial charge is 0.338 e. The Labute approximate surface area is 141 Å². The van der Waals surface area contributed by atoms with Crippen LogP contribution in [0.3, 0.4) is 0 Å². The Hall–Kier alpha value is -2.82. The number of nitrogens with one attached hydrogen (secondary N) is 1. The number of hydrogen-bond acceptors (Lipinski definition) is 4. The number of hydrogen-bond donors (Lipinski definition) is 2. The van der Waals surface area contributed by atoms with E-state index in [1.807, 2.05) is 37.3 Å². The minimum Gasteiger partial charge on any atom is -0.508 e. The first kappa shape index (κ1) is 17.5. The first-order valence-electron chi connectivity index (χ1n) is 7.84. The number of aryl methyl sites for hydroxylation is 1. The standard InChI is InChI=1S/C19H21NO4/c1-14(7-8-15-5-3-2-4-6-15)20-18(22)13-24-19(23)16-9-11-17(21)12-10-16/h2-6,9-12,14,21H,7-8,13H2,1H3,(H,20,22). The number of carbonyl (C=O) groups is 2. The van der Waals surface area contributed by atoms with Crippen LogP contribution in [0.4, 0.5) is 0 Å². The predicted octanol–water partition coefficient (Wildman–Crippen LogP) is 2.69. The van der Waals surface area contributed by atoms with Crippen molar-refractivity contribution >= 4 is 11.9 Å². The molecule has 126 valence electrons. The van der Waals surface area contributed by atoms with Crippen molar-refractivity contribution < 1.29 is 19.4 Å². The summed E-state index contributed by atoms with van der Waals surface area (Å²) in [4.78, 5) is 23.6. The van der Waals surface area contributed by atoms with Crippen LogP contribution in [0.2, 0.25) is 0 Å². The zero-order valence-corrected chi connectivity index (χ0v) is 13.6. The number of aromatic hydroxyl groups is 1. The Kier molecular flexibility index (Phi) is 6.37. The van der Waals surface area contributed by atoms with Crippen molar-refractivity contribution in [2.45, 2.75) is 25.8 Å². The highest BCUT2D eigenvalue weighted by Crippen LogP contribution is 2.10. The zero-order valence-electron chi connectivity index (χ0n) is 13.6. The van der Waals surface area contributed by atoms with Gasteiger partial charge in [-0.15, -0.1) is 0 Å². The van der Waals surface area contributed by atoms with Crippen molar-refractivity contribution in [2.75, 3.05) is 6.61 Å². The van der Waals surface area contributed by atoms with Gasteiger partial charge in [0.05, 0.1) is 5.56 Å². The van der Waals surface area contributed by atoms with Gasteiger partial charge in [0.25, 0.3) is 5.91 Å². The molecule has 0 aliphatic rings. The number of phenolic OH excluding ortho intramolecular Hbond substituents is 1. The van der Waals surface area contributed by atoms with Crippen molar-refractivity contribution in [2.24, 2.45) is 0 Å². The Balaban J connectivity index is 1.70. The second-order valence-electron chi connectivity index (χ2n) is 5.62. The normalized spacial score (nSPS) is 11.5. The molecule has 24 heavy (non-hydrogen) atoms. The first-order chi connectivity index (χ1) is 11.5. The van der Waals surface area contributed by atoms with E-state index in [0.29, 0.717) is 0 Å². The summed E-state index contributed by atoms with van der Waals surface area (Å²) >= 11 is 0. The highest BCUT2D eigenvalue weighted by molar-refractivity contribution is 5.91. The Bertz CT molecular complexity index is 668. The summed E-state index contributed by atoms with van der Waals surface area (Å²) in [6.45, 7) is 1.60. The van der Waals surface area contributed by atoms with Crippen LogP contribution in [-0.4, -0.2) is 29.6 Å². The topological polar surface area (TPSA) is 75.6 Å². The van der Waals surface area contributed by atoms with Crippen LogP contribution in [0.25, 0.3) is 0 Å². The average molecular weight is 327 g/mol. The highest BCUT2D eigenvalue weighted by Gasteiger charge is 2.12. The second kappa shape index (κ2) is 8.72. The minimum absolute atomic E-state index is 0.00918. The maximum absolute atomic E-state index is 11.8. The van der Waals surface area contributed by atoms with Gasteiger partial charge in [-0.3, -0.25) is 4.79 Å². The van der Waals surface area contributed by atoms with E-state index in [4.69, 9.17) is 4.74 Å². The molecule has 5 nitrogen and oxygen atoms in total. The second-order valence-corrected chi connectivity index (χ2v) is 5.62. The number of carbonyl (C=O) groups excluding carboxylic acids is 2. The van der Waals surface area contributed by atoms with Crippen molar-refractivity contribution in [3.05, 3.63) is 65.7 Å². The molecule has 1 unspecified atom stereocenters. The summed E-state index contributed by atoms with van der Waals surface area (Å²) in [5, 5.41) is 12.0. The molecule has 5 heteroatoms. The lowest BCUT2D eigenvalue weighted by Gasteiger charge is -2.14. The van der Waals surface area contributed by atoms with E-state index in [-0.39, 0.29) is 29.9 Å². The molecular formula is C19H21NO4. The van der Waals surface area contributed by atoms with Crippen LogP contribution in [-0.2, 0) is 16.0 Å².